The normalized spacial score (nSPS) is 23.0. The number of carbonyl (C=O) groups is 3. The summed E-state index contributed by atoms with van der Waals surface area (Å²) in [4.78, 5) is 39.4. The van der Waals surface area contributed by atoms with Crippen molar-refractivity contribution in [3.8, 4) is 0 Å². The van der Waals surface area contributed by atoms with Crippen molar-refractivity contribution in [3.05, 3.63) is 0 Å². The minimum atomic E-state index is -0.265. The molecule has 0 bridgehead atoms. The molecule has 1 atom stereocenters. The summed E-state index contributed by atoms with van der Waals surface area (Å²) in [6.45, 7) is 2.60. The van der Waals surface area contributed by atoms with Gasteiger partial charge >= 0.3 is 5.97 Å². The van der Waals surface area contributed by atoms with Crippen molar-refractivity contribution in [2.75, 3.05) is 47.0 Å². The van der Waals surface area contributed by atoms with E-state index < -0.39 is 0 Å². The average molecular weight is 312 g/mol. The van der Waals surface area contributed by atoms with E-state index in [1.165, 1.54) is 7.11 Å². The summed E-state index contributed by atoms with van der Waals surface area (Å²) in [6.07, 6.45) is 1.54. The lowest BCUT2D eigenvalue weighted by atomic mass is 9.95. The molecule has 2 amide bonds. The van der Waals surface area contributed by atoms with Crippen LogP contribution in [0.15, 0.2) is 0 Å². The second-order valence-electron chi connectivity index (χ2n) is 5.86. The molecule has 2 fully saturated rings. The van der Waals surface area contributed by atoms with E-state index >= 15 is 0 Å². The molecular formula is C15H24N2O5. The number of rotatable bonds is 5. The zero-order chi connectivity index (χ0) is 16.1. The van der Waals surface area contributed by atoms with E-state index in [0.717, 1.165) is 0 Å². The Morgan fingerprint density at radius 2 is 1.86 bits per heavy atom. The highest BCUT2D eigenvalue weighted by atomic mass is 16.5. The van der Waals surface area contributed by atoms with Crippen LogP contribution in [0.2, 0.25) is 0 Å². The Labute approximate surface area is 130 Å². The van der Waals surface area contributed by atoms with Crippen LogP contribution in [0.1, 0.15) is 19.3 Å². The largest absolute Gasteiger partial charge is 0.469 e. The molecule has 0 saturated carbocycles. The van der Waals surface area contributed by atoms with Gasteiger partial charge in [-0.05, 0) is 12.8 Å². The first-order valence-corrected chi connectivity index (χ1v) is 7.70. The summed E-state index contributed by atoms with van der Waals surface area (Å²) in [5.74, 6) is -0.540. The zero-order valence-corrected chi connectivity index (χ0v) is 13.2. The van der Waals surface area contributed by atoms with E-state index in [0.29, 0.717) is 45.6 Å². The van der Waals surface area contributed by atoms with Crippen molar-refractivity contribution >= 4 is 17.8 Å². The predicted octanol–water partition coefficient (Wildman–Crippen LogP) is -0.107. The maximum absolute atomic E-state index is 12.5. The molecule has 1 unspecified atom stereocenters. The van der Waals surface area contributed by atoms with Gasteiger partial charge in [-0.15, -0.1) is 0 Å². The molecule has 2 rings (SSSR count). The standard InChI is InChI=1S/C15H24N2O5/c1-21-8-7-17-10-12(9-13(17)18)14(19)16-5-3-11(4-6-16)15(20)22-2/h11-12H,3-10H2,1-2H3. The Morgan fingerprint density at radius 1 is 1.18 bits per heavy atom. The van der Waals surface area contributed by atoms with Crippen molar-refractivity contribution in [1.82, 2.24) is 9.80 Å². The van der Waals surface area contributed by atoms with Crippen LogP contribution in [0.3, 0.4) is 0 Å². The molecule has 2 saturated heterocycles. The highest BCUT2D eigenvalue weighted by Crippen LogP contribution is 2.24. The Bertz CT molecular complexity index is 432. The van der Waals surface area contributed by atoms with Gasteiger partial charge < -0.3 is 19.3 Å². The van der Waals surface area contributed by atoms with Crippen LogP contribution in [-0.4, -0.2) is 74.6 Å². The van der Waals surface area contributed by atoms with Gasteiger partial charge in [0.15, 0.2) is 0 Å². The van der Waals surface area contributed by atoms with Crippen LogP contribution in [0.5, 0.6) is 0 Å². The van der Waals surface area contributed by atoms with E-state index in [2.05, 4.69) is 0 Å². The fourth-order valence-corrected chi connectivity index (χ4v) is 3.12. The molecule has 0 N–H and O–H groups in total. The minimum absolute atomic E-state index is 0.0137. The molecule has 7 heteroatoms. The molecule has 2 aliphatic heterocycles. The third-order valence-electron chi connectivity index (χ3n) is 4.47. The van der Waals surface area contributed by atoms with E-state index in [9.17, 15) is 14.4 Å². The number of amides is 2. The van der Waals surface area contributed by atoms with Crippen LogP contribution < -0.4 is 0 Å². The van der Waals surface area contributed by atoms with Gasteiger partial charge in [-0.2, -0.15) is 0 Å². The predicted molar refractivity (Wildman–Crippen MR) is 77.9 cm³/mol. The van der Waals surface area contributed by atoms with Gasteiger partial charge in [0.2, 0.25) is 11.8 Å². The minimum Gasteiger partial charge on any atom is -0.469 e. The summed E-state index contributed by atoms with van der Waals surface area (Å²) in [7, 11) is 2.98. The summed E-state index contributed by atoms with van der Waals surface area (Å²) in [6, 6.07) is 0. The highest BCUT2D eigenvalue weighted by molar-refractivity contribution is 5.89. The third kappa shape index (κ3) is 3.76. The number of hydrogen-bond donors (Lipinski definition) is 0. The number of ether oxygens (including phenoxy) is 2. The Hall–Kier alpha value is -1.63. The molecule has 0 aromatic carbocycles. The second-order valence-corrected chi connectivity index (χ2v) is 5.86. The summed E-state index contributed by atoms with van der Waals surface area (Å²) < 4.78 is 9.72. The quantitative estimate of drug-likeness (QED) is 0.662. The lowest BCUT2D eigenvalue weighted by molar-refractivity contribution is -0.149. The Morgan fingerprint density at radius 3 is 2.45 bits per heavy atom. The van der Waals surface area contributed by atoms with Gasteiger partial charge in [0.25, 0.3) is 0 Å². The lowest BCUT2D eigenvalue weighted by Gasteiger charge is -2.32. The maximum atomic E-state index is 12.5. The number of esters is 1. The molecule has 2 heterocycles. The zero-order valence-electron chi connectivity index (χ0n) is 13.2. The molecule has 2 aliphatic rings. The number of carbonyl (C=O) groups excluding carboxylic acids is 3. The fourth-order valence-electron chi connectivity index (χ4n) is 3.12. The molecule has 0 aliphatic carbocycles. The number of piperidine rings is 1. The van der Waals surface area contributed by atoms with Gasteiger partial charge in [-0.1, -0.05) is 0 Å². The lowest BCUT2D eigenvalue weighted by Crippen LogP contribution is -2.44. The second kappa shape index (κ2) is 7.58. The smallest absolute Gasteiger partial charge is 0.308 e. The van der Waals surface area contributed by atoms with Crippen molar-refractivity contribution in [2.45, 2.75) is 19.3 Å². The summed E-state index contributed by atoms with van der Waals surface area (Å²) in [5, 5.41) is 0. The van der Waals surface area contributed by atoms with E-state index in [4.69, 9.17) is 9.47 Å². The molecule has 7 nitrogen and oxygen atoms in total. The number of likely N-dealkylation sites (tertiary alicyclic amines) is 2. The van der Waals surface area contributed by atoms with Crippen LogP contribution in [-0.2, 0) is 23.9 Å². The van der Waals surface area contributed by atoms with Gasteiger partial charge in [0.1, 0.15) is 0 Å². The monoisotopic (exact) mass is 312 g/mol. The van der Waals surface area contributed by atoms with Crippen molar-refractivity contribution in [2.24, 2.45) is 11.8 Å². The van der Waals surface area contributed by atoms with Crippen LogP contribution in [0.4, 0.5) is 0 Å². The van der Waals surface area contributed by atoms with E-state index in [-0.39, 0.29) is 36.0 Å². The van der Waals surface area contributed by atoms with Gasteiger partial charge in [0.05, 0.1) is 25.6 Å². The first-order valence-electron chi connectivity index (χ1n) is 7.70. The fraction of sp³-hybridized carbons (Fsp3) is 0.800. The van der Waals surface area contributed by atoms with Gasteiger partial charge in [0, 0.05) is 39.7 Å². The molecular weight excluding hydrogens is 288 g/mol. The first kappa shape index (κ1) is 16.7. The summed E-state index contributed by atoms with van der Waals surface area (Å²) >= 11 is 0. The number of nitrogens with zero attached hydrogens (tertiary/aromatic N) is 2. The SMILES string of the molecule is COCCN1CC(C(=O)N2CCC(C(=O)OC)CC2)CC1=O. The number of methoxy groups -OCH3 is 2. The highest BCUT2D eigenvalue weighted by Gasteiger charge is 2.37. The van der Waals surface area contributed by atoms with Crippen molar-refractivity contribution < 1.29 is 23.9 Å². The summed E-state index contributed by atoms with van der Waals surface area (Å²) in [5.41, 5.74) is 0. The molecule has 0 aromatic rings. The van der Waals surface area contributed by atoms with Crippen LogP contribution in [0.25, 0.3) is 0 Å². The Kier molecular flexibility index (Phi) is 5.76. The van der Waals surface area contributed by atoms with Crippen molar-refractivity contribution in [1.29, 1.82) is 0 Å². The Balaban J connectivity index is 1.83. The van der Waals surface area contributed by atoms with E-state index in [1.54, 1.807) is 16.9 Å². The number of hydrogen-bond acceptors (Lipinski definition) is 5. The van der Waals surface area contributed by atoms with E-state index in [1.807, 2.05) is 0 Å². The molecule has 124 valence electrons. The van der Waals surface area contributed by atoms with Crippen molar-refractivity contribution in [3.63, 3.8) is 0 Å². The molecule has 0 aromatic heterocycles. The molecule has 22 heavy (non-hydrogen) atoms. The molecule has 0 radical (unpaired) electrons. The average Bonchev–Trinajstić information content (AvgIpc) is 2.92. The van der Waals surface area contributed by atoms with Gasteiger partial charge in [-0.25, -0.2) is 0 Å². The van der Waals surface area contributed by atoms with Crippen LogP contribution >= 0.6 is 0 Å². The first-order chi connectivity index (χ1) is 10.6. The molecule has 0 spiro atoms. The van der Waals surface area contributed by atoms with Gasteiger partial charge in [-0.3, -0.25) is 14.4 Å². The van der Waals surface area contributed by atoms with Crippen LogP contribution in [0, 0.1) is 11.8 Å². The topological polar surface area (TPSA) is 76.2 Å². The maximum Gasteiger partial charge on any atom is 0.308 e. The third-order valence-corrected chi connectivity index (χ3v) is 4.47.